The van der Waals surface area contributed by atoms with E-state index >= 15 is 0 Å². The maximum absolute atomic E-state index is 9.44. The molecule has 1 N–H and O–H groups in total. The molecule has 0 aliphatic heterocycles. The molecule has 0 amide bonds. The molecule has 0 bridgehead atoms. The molecule has 0 spiro atoms. The number of ether oxygens (including phenoxy) is 2. The fourth-order valence-electron chi connectivity index (χ4n) is 2.14. The first-order chi connectivity index (χ1) is 9.21. The Morgan fingerprint density at radius 1 is 1.21 bits per heavy atom. The molecule has 0 aliphatic rings. The third kappa shape index (κ3) is 2.41. The van der Waals surface area contributed by atoms with Gasteiger partial charge < -0.3 is 14.5 Å². The minimum atomic E-state index is -0.379. The summed E-state index contributed by atoms with van der Waals surface area (Å²) in [6, 6.07) is 7.96. The summed E-state index contributed by atoms with van der Waals surface area (Å²) >= 11 is 0. The number of aryl methyl sites for hydroxylation is 1. The van der Waals surface area contributed by atoms with E-state index in [4.69, 9.17) is 9.47 Å². The van der Waals surface area contributed by atoms with Gasteiger partial charge in [-0.15, -0.1) is 0 Å². The third-order valence-corrected chi connectivity index (χ3v) is 3.14. The van der Waals surface area contributed by atoms with Crippen molar-refractivity contribution < 1.29 is 9.47 Å². The minimum Gasteiger partial charge on any atom is -0.496 e. The number of hydrogen-bond donors (Lipinski definition) is 1. The Balaban J connectivity index is 2.56. The summed E-state index contributed by atoms with van der Waals surface area (Å²) in [6.45, 7) is 1.95. The Morgan fingerprint density at radius 2 is 1.95 bits per heavy atom. The van der Waals surface area contributed by atoms with Crippen LogP contribution in [0.15, 0.2) is 30.6 Å². The van der Waals surface area contributed by atoms with E-state index in [-0.39, 0.29) is 5.92 Å². The zero-order chi connectivity index (χ0) is 13.8. The number of nitrogens with one attached hydrogen (secondary N) is 1. The predicted molar refractivity (Wildman–Crippen MR) is 72.5 cm³/mol. The van der Waals surface area contributed by atoms with Crippen LogP contribution < -0.4 is 9.47 Å². The van der Waals surface area contributed by atoms with Crippen LogP contribution in [0.25, 0.3) is 0 Å². The minimum absolute atomic E-state index is 0.379. The number of benzene rings is 1. The normalized spacial score (nSPS) is 11.7. The van der Waals surface area contributed by atoms with Gasteiger partial charge in [-0.1, -0.05) is 0 Å². The van der Waals surface area contributed by atoms with Crippen LogP contribution in [0.2, 0.25) is 0 Å². The van der Waals surface area contributed by atoms with Crippen LogP contribution in [0.3, 0.4) is 0 Å². The van der Waals surface area contributed by atoms with Crippen LogP contribution >= 0.6 is 0 Å². The van der Waals surface area contributed by atoms with Crippen molar-refractivity contribution in [3.63, 3.8) is 0 Å². The lowest BCUT2D eigenvalue weighted by molar-refractivity contribution is 0.396. The number of nitrogens with zero attached hydrogens (tertiary/aromatic N) is 1. The van der Waals surface area contributed by atoms with E-state index in [2.05, 4.69) is 11.1 Å². The van der Waals surface area contributed by atoms with E-state index in [1.54, 1.807) is 20.4 Å². The van der Waals surface area contributed by atoms with Gasteiger partial charge in [-0.2, -0.15) is 5.26 Å². The van der Waals surface area contributed by atoms with E-state index in [1.807, 2.05) is 31.3 Å². The Kier molecular flexibility index (Phi) is 3.76. The van der Waals surface area contributed by atoms with Crippen molar-refractivity contribution in [1.82, 2.24) is 4.98 Å². The second-order valence-corrected chi connectivity index (χ2v) is 4.27. The van der Waals surface area contributed by atoms with E-state index in [0.29, 0.717) is 5.75 Å². The van der Waals surface area contributed by atoms with Crippen LogP contribution in [0.4, 0.5) is 0 Å². The maximum atomic E-state index is 9.44. The van der Waals surface area contributed by atoms with Crippen molar-refractivity contribution in [2.45, 2.75) is 12.8 Å². The van der Waals surface area contributed by atoms with Gasteiger partial charge >= 0.3 is 0 Å². The van der Waals surface area contributed by atoms with Gasteiger partial charge in [-0.3, -0.25) is 0 Å². The molecule has 0 saturated carbocycles. The monoisotopic (exact) mass is 256 g/mol. The molecule has 0 radical (unpaired) electrons. The van der Waals surface area contributed by atoms with Crippen LogP contribution in [-0.4, -0.2) is 19.2 Å². The number of aromatic nitrogens is 1. The van der Waals surface area contributed by atoms with Crippen molar-refractivity contribution in [3.05, 3.63) is 47.3 Å². The molecule has 4 heteroatoms. The van der Waals surface area contributed by atoms with Gasteiger partial charge in [0.05, 0.1) is 20.3 Å². The van der Waals surface area contributed by atoms with Crippen LogP contribution in [0, 0.1) is 18.3 Å². The van der Waals surface area contributed by atoms with Crippen molar-refractivity contribution in [2.75, 3.05) is 14.2 Å². The lowest BCUT2D eigenvalue weighted by Crippen LogP contribution is -2.02. The molecule has 2 aromatic rings. The average Bonchev–Trinajstić information content (AvgIpc) is 2.94. The summed E-state index contributed by atoms with van der Waals surface area (Å²) in [5, 5.41) is 9.44. The fourth-order valence-corrected chi connectivity index (χ4v) is 2.14. The molecular formula is C15H16N2O2. The molecule has 0 saturated heterocycles. The van der Waals surface area contributed by atoms with Crippen LogP contribution in [0.5, 0.6) is 11.5 Å². The predicted octanol–water partition coefficient (Wildman–Crippen LogP) is 3.00. The van der Waals surface area contributed by atoms with Gasteiger partial charge in [-0.25, -0.2) is 0 Å². The van der Waals surface area contributed by atoms with E-state index in [0.717, 1.165) is 22.4 Å². The highest BCUT2D eigenvalue weighted by atomic mass is 16.5. The Bertz CT molecular complexity index is 597. The molecule has 1 aromatic heterocycles. The summed E-state index contributed by atoms with van der Waals surface area (Å²) in [5.41, 5.74) is 2.70. The topological polar surface area (TPSA) is 58.0 Å². The molecule has 1 heterocycles. The van der Waals surface area contributed by atoms with Crippen LogP contribution in [-0.2, 0) is 0 Å². The van der Waals surface area contributed by atoms with Crippen LogP contribution in [0.1, 0.15) is 22.6 Å². The van der Waals surface area contributed by atoms with Crippen molar-refractivity contribution >= 4 is 0 Å². The van der Waals surface area contributed by atoms with Gasteiger partial charge in [0.15, 0.2) is 0 Å². The largest absolute Gasteiger partial charge is 0.496 e. The summed E-state index contributed by atoms with van der Waals surface area (Å²) in [7, 11) is 3.23. The molecule has 2 rings (SSSR count). The summed E-state index contributed by atoms with van der Waals surface area (Å²) < 4.78 is 10.7. The van der Waals surface area contributed by atoms with Crippen molar-refractivity contribution in [3.8, 4) is 17.6 Å². The van der Waals surface area contributed by atoms with Gasteiger partial charge in [0, 0.05) is 18.0 Å². The van der Waals surface area contributed by atoms with E-state index < -0.39 is 0 Å². The lowest BCUT2D eigenvalue weighted by atomic mass is 9.92. The van der Waals surface area contributed by atoms with Gasteiger partial charge in [-0.05, 0) is 36.2 Å². The SMILES string of the molecule is COc1cc(C(C#N)c2cc[nH]c2)c(OC)cc1C. The standard InChI is InChI=1S/C15H16N2O2/c1-10-6-15(19-3)12(7-14(10)18-2)13(8-16)11-4-5-17-9-11/h4-7,9,13,17H,1-3H3. The summed E-state index contributed by atoms with van der Waals surface area (Å²) in [6.07, 6.45) is 3.62. The number of aromatic amines is 1. The van der Waals surface area contributed by atoms with E-state index in [1.165, 1.54) is 0 Å². The highest BCUT2D eigenvalue weighted by molar-refractivity contribution is 5.52. The Hall–Kier alpha value is -2.41. The zero-order valence-electron chi connectivity index (χ0n) is 11.2. The van der Waals surface area contributed by atoms with E-state index in [9.17, 15) is 5.26 Å². The lowest BCUT2D eigenvalue weighted by Gasteiger charge is -2.16. The maximum Gasteiger partial charge on any atom is 0.124 e. The van der Waals surface area contributed by atoms with Gasteiger partial charge in [0.1, 0.15) is 17.4 Å². The second-order valence-electron chi connectivity index (χ2n) is 4.27. The molecule has 1 atom stereocenters. The quantitative estimate of drug-likeness (QED) is 0.914. The molecule has 0 aliphatic carbocycles. The third-order valence-electron chi connectivity index (χ3n) is 3.14. The zero-order valence-corrected chi connectivity index (χ0v) is 11.2. The molecule has 19 heavy (non-hydrogen) atoms. The Labute approximate surface area is 112 Å². The molecule has 4 nitrogen and oxygen atoms in total. The smallest absolute Gasteiger partial charge is 0.124 e. The second kappa shape index (κ2) is 5.49. The van der Waals surface area contributed by atoms with Gasteiger partial charge in [0.2, 0.25) is 0 Å². The first-order valence-corrected chi connectivity index (χ1v) is 5.96. The number of nitriles is 1. The fraction of sp³-hybridized carbons (Fsp3) is 0.267. The number of hydrogen-bond acceptors (Lipinski definition) is 3. The molecular weight excluding hydrogens is 240 g/mol. The first kappa shape index (κ1) is 13.0. The molecule has 0 fully saturated rings. The Morgan fingerprint density at radius 3 is 2.47 bits per heavy atom. The highest BCUT2D eigenvalue weighted by Gasteiger charge is 2.20. The first-order valence-electron chi connectivity index (χ1n) is 5.96. The summed E-state index contributed by atoms with van der Waals surface area (Å²) in [4.78, 5) is 2.97. The van der Waals surface area contributed by atoms with Crippen molar-refractivity contribution in [2.24, 2.45) is 0 Å². The molecule has 98 valence electrons. The molecule has 1 aromatic carbocycles. The highest BCUT2D eigenvalue weighted by Crippen LogP contribution is 2.36. The number of methoxy groups -OCH3 is 2. The van der Waals surface area contributed by atoms with Gasteiger partial charge in [0.25, 0.3) is 0 Å². The average molecular weight is 256 g/mol. The van der Waals surface area contributed by atoms with Crippen molar-refractivity contribution in [1.29, 1.82) is 5.26 Å². The number of rotatable bonds is 4. The molecule has 1 unspecified atom stereocenters. The number of H-pyrrole nitrogens is 1. The summed E-state index contributed by atoms with van der Waals surface area (Å²) in [5.74, 6) is 1.08.